The summed E-state index contributed by atoms with van der Waals surface area (Å²) in [7, 11) is 5.89. The van der Waals surface area contributed by atoms with Crippen LogP contribution in [-0.2, 0) is 17.3 Å². The van der Waals surface area contributed by atoms with E-state index in [-0.39, 0.29) is 0 Å². The molecule has 0 aromatic carbocycles. The van der Waals surface area contributed by atoms with Crippen LogP contribution in [-0.4, -0.2) is 55.5 Å². The maximum atomic E-state index is 4.57. The molecule has 0 aliphatic carbocycles. The molecule has 0 aromatic heterocycles. The van der Waals surface area contributed by atoms with Gasteiger partial charge in [-0.15, -0.1) is 23.8 Å². The molecule has 0 spiro atoms. The van der Waals surface area contributed by atoms with E-state index in [1.807, 2.05) is 17.3 Å². The molecule has 0 heterocycles. The quantitative estimate of drug-likeness (QED) is 0.106. The van der Waals surface area contributed by atoms with Gasteiger partial charge in [-0.25, -0.2) is 0 Å². The second-order valence-corrected chi connectivity index (χ2v) is 16.6. The third kappa shape index (κ3) is 36.8. The van der Waals surface area contributed by atoms with Gasteiger partial charge < -0.3 is 0 Å². The Balaban J connectivity index is -0.000000176. The molecular weight excluding hydrogens is 554 g/mol. The Morgan fingerprint density at radius 1 is 0.312 bits per heavy atom. The molecule has 5 heteroatoms. The van der Waals surface area contributed by atoms with Crippen molar-refractivity contribution >= 4 is 33.5 Å². The van der Waals surface area contributed by atoms with Gasteiger partial charge in [-0.2, -0.15) is 0 Å². The summed E-state index contributed by atoms with van der Waals surface area (Å²) >= 11 is 1.82. The Hall–Kier alpha value is 2.20. The van der Waals surface area contributed by atoms with Gasteiger partial charge in [-0.3, -0.25) is 0 Å². The fourth-order valence-electron chi connectivity index (χ4n) is 3.85. The topological polar surface area (TPSA) is 0 Å². The van der Waals surface area contributed by atoms with Gasteiger partial charge in [0.2, 0.25) is 0 Å². The van der Waals surface area contributed by atoms with Gasteiger partial charge in [0.25, 0.3) is 0 Å². The number of hydrogen-bond donors (Lipinski definition) is 0. The van der Waals surface area contributed by atoms with Crippen LogP contribution in [0.3, 0.4) is 0 Å². The van der Waals surface area contributed by atoms with Crippen LogP contribution in [0.5, 0.6) is 0 Å². The third-order valence-electron chi connectivity index (χ3n) is 4.86. The Labute approximate surface area is 225 Å². The van der Waals surface area contributed by atoms with E-state index in [9.17, 15) is 0 Å². The fraction of sp³-hybridized carbons (Fsp3) is 1.00. The predicted molar refractivity (Wildman–Crippen MR) is 163 cm³/mol. The number of halogens is 1. The zero-order valence-corrected chi connectivity index (χ0v) is 29.0. The first-order valence-corrected chi connectivity index (χ1v) is 21.8. The molecule has 0 aliphatic rings. The van der Waals surface area contributed by atoms with Gasteiger partial charge in [0.05, 0.1) is 0 Å². The maximum absolute atomic E-state index is 4.57. The molecule has 0 radical (unpaired) electrons. The second-order valence-electron chi connectivity index (χ2n) is 8.52. The molecule has 0 amide bonds. The molecule has 0 bridgehead atoms. The third-order valence-corrected chi connectivity index (χ3v) is 14.6. The zero-order chi connectivity index (χ0) is 25.5. The standard InChI is InChI=1S/3C9H21P.ClH.Ru/c3*1-4-7-10(8-5-2)9-6-3;;/h3*4-9H2,1-3H3;1H;/q;;;;+1/p-1. The normalized spacial score (nSPS) is 10.3. The van der Waals surface area contributed by atoms with Crippen molar-refractivity contribution in [1.29, 1.82) is 0 Å². The van der Waals surface area contributed by atoms with Crippen LogP contribution >= 0.6 is 33.5 Å². The van der Waals surface area contributed by atoms with Crippen molar-refractivity contribution in [3.8, 4) is 0 Å². The molecule has 0 atom stereocenters. The average Bonchev–Trinajstić information content (AvgIpc) is 2.78. The molecule has 0 nitrogen and oxygen atoms in total. The van der Waals surface area contributed by atoms with Crippen LogP contribution in [0, 0.1) is 0 Å². The van der Waals surface area contributed by atoms with E-state index in [4.69, 9.17) is 0 Å². The van der Waals surface area contributed by atoms with Gasteiger partial charge >= 0.3 is 27.0 Å². The van der Waals surface area contributed by atoms with Gasteiger partial charge in [0.1, 0.15) is 0 Å². The summed E-state index contributed by atoms with van der Waals surface area (Å²) < 4.78 is 0. The number of rotatable bonds is 18. The van der Waals surface area contributed by atoms with E-state index in [1.165, 1.54) is 113 Å². The van der Waals surface area contributed by atoms with Crippen LogP contribution in [0.2, 0.25) is 0 Å². The van der Waals surface area contributed by atoms with Crippen molar-refractivity contribution in [2.45, 2.75) is 120 Å². The number of hydrogen-bond acceptors (Lipinski definition) is 0. The van der Waals surface area contributed by atoms with Crippen LogP contribution in [0.25, 0.3) is 0 Å². The predicted octanol–water partition coefficient (Wildman–Crippen LogP) is 11.8. The first-order valence-electron chi connectivity index (χ1n) is 13.8. The molecule has 201 valence electrons. The zero-order valence-electron chi connectivity index (χ0n) is 23.8. The van der Waals surface area contributed by atoms with Crippen LogP contribution < -0.4 is 0 Å². The molecule has 0 saturated heterocycles. The summed E-state index contributed by atoms with van der Waals surface area (Å²) in [6.45, 7) is 20.8. The van der Waals surface area contributed by atoms with Crippen molar-refractivity contribution in [2.24, 2.45) is 0 Å². The van der Waals surface area contributed by atoms with Crippen molar-refractivity contribution < 1.29 is 17.3 Å². The summed E-state index contributed by atoms with van der Waals surface area (Å²) in [6.07, 6.45) is 26.1. The van der Waals surface area contributed by atoms with Crippen molar-refractivity contribution in [3.63, 3.8) is 0 Å². The Bertz CT molecular complexity index is 198. The van der Waals surface area contributed by atoms with Crippen molar-refractivity contribution in [1.82, 2.24) is 0 Å². The summed E-state index contributed by atoms with van der Waals surface area (Å²) in [5, 5.41) is 0. The molecular formula is C27H63ClP3Ru. The van der Waals surface area contributed by atoms with Crippen LogP contribution in [0.15, 0.2) is 0 Å². The van der Waals surface area contributed by atoms with Crippen LogP contribution in [0.4, 0.5) is 0 Å². The molecule has 0 aliphatic heterocycles. The minimum atomic E-state index is 0.439. The molecule has 0 rings (SSSR count). The van der Waals surface area contributed by atoms with E-state index < -0.39 is 0 Å². The summed E-state index contributed by atoms with van der Waals surface area (Å²) in [5.74, 6) is 0. The Morgan fingerprint density at radius 3 is 0.469 bits per heavy atom. The van der Waals surface area contributed by atoms with Gasteiger partial charge in [-0.1, -0.05) is 120 Å². The van der Waals surface area contributed by atoms with Crippen LogP contribution in [0.1, 0.15) is 120 Å². The Kier molecular flexibility index (Phi) is 52.2. The summed E-state index contributed by atoms with van der Waals surface area (Å²) in [5.41, 5.74) is 0. The van der Waals surface area contributed by atoms with Gasteiger partial charge in [0, 0.05) is 0 Å². The first kappa shape index (κ1) is 41.3. The Morgan fingerprint density at radius 2 is 0.406 bits per heavy atom. The molecule has 0 aromatic rings. The summed E-state index contributed by atoms with van der Waals surface area (Å²) in [6, 6.07) is 0. The SMILES string of the molecule is CCCP(CCC)CCC.CCCP(CCC)CCC.CCCP(CCC)CCC.[Cl][Ru]. The first-order chi connectivity index (χ1) is 15.5. The van der Waals surface area contributed by atoms with Gasteiger partial charge in [-0.05, 0) is 55.5 Å². The minimum absolute atomic E-state index is 0.439. The average molecular weight is 617 g/mol. The molecule has 0 N–H and O–H groups in total. The summed E-state index contributed by atoms with van der Waals surface area (Å²) in [4.78, 5) is 0. The van der Waals surface area contributed by atoms with E-state index in [1.54, 1.807) is 0 Å². The molecule has 0 unspecified atom stereocenters. The molecule has 0 fully saturated rings. The molecule has 32 heavy (non-hydrogen) atoms. The van der Waals surface area contributed by atoms with Crippen molar-refractivity contribution in [2.75, 3.05) is 55.5 Å². The second kappa shape index (κ2) is 40.4. The van der Waals surface area contributed by atoms with E-state index in [0.717, 1.165) is 0 Å². The van der Waals surface area contributed by atoms with Crippen molar-refractivity contribution in [3.05, 3.63) is 0 Å². The van der Waals surface area contributed by atoms with E-state index in [0.29, 0.717) is 23.8 Å². The fourth-order valence-corrected chi connectivity index (χ4v) is 11.6. The van der Waals surface area contributed by atoms with Gasteiger partial charge in [0.15, 0.2) is 0 Å². The van der Waals surface area contributed by atoms with E-state index >= 15 is 0 Å². The molecule has 0 saturated carbocycles. The monoisotopic (exact) mass is 617 g/mol. The van der Waals surface area contributed by atoms with E-state index in [2.05, 4.69) is 72.0 Å².